The van der Waals surface area contributed by atoms with Crippen molar-refractivity contribution in [2.24, 2.45) is 0 Å². The van der Waals surface area contributed by atoms with E-state index in [1.807, 2.05) is 23.1 Å². The number of amides is 1. The molecule has 0 saturated heterocycles. The highest BCUT2D eigenvalue weighted by Gasteiger charge is 2.38. The van der Waals surface area contributed by atoms with Crippen molar-refractivity contribution in [3.63, 3.8) is 0 Å². The molecule has 1 aliphatic heterocycles. The molecule has 2 aromatic rings. The summed E-state index contributed by atoms with van der Waals surface area (Å²) in [6, 6.07) is 11.9. The van der Waals surface area contributed by atoms with E-state index in [1.165, 1.54) is 18.2 Å². The van der Waals surface area contributed by atoms with Crippen LogP contribution in [0.5, 0.6) is 11.5 Å². The summed E-state index contributed by atoms with van der Waals surface area (Å²) in [5, 5.41) is 9.89. The average Bonchev–Trinajstić information content (AvgIpc) is 3.09. The zero-order chi connectivity index (χ0) is 15.3. The molecule has 4 heteroatoms. The second-order valence-corrected chi connectivity index (χ2v) is 5.92. The largest absolute Gasteiger partial charge is 0.504 e. The van der Waals surface area contributed by atoms with Gasteiger partial charge in [0.1, 0.15) is 0 Å². The molecule has 112 valence electrons. The second kappa shape index (κ2) is 4.77. The van der Waals surface area contributed by atoms with Crippen LogP contribution in [0.3, 0.4) is 0 Å². The number of carbonyl (C=O) groups excluding carboxylic acids is 1. The molecule has 0 saturated carbocycles. The van der Waals surface area contributed by atoms with Crippen LogP contribution in [-0.2, 0) is 19.4 Å². The van der Waals surface area contributed by atoms with Crippen molar-refractivity contribution in [2.75, 3.05) is 7.11 Å². The zero-order valence-electron chi connectivity index (χ0n) is 12.4. The molecule has 2 aromatic carbocycles. The molecular weight excluding hydrogens is 278 g/mol. The van der Waals surface area contributed by atoms with Gasteiger partial charge in [-0.25, -0.2) is 0 Å². The highest BCUT2D eigenvalue weighted by molar-refractivity contribution is 6.02. The van der Waals surface area contributed by atoms with Crippen LogP contribution < -0.4 is 4.74 Å². The van der Waals surface area contributed by atoms with E-state index < -0.39 is 0 Å². The van der Waals surface area contributed by atoms with Crippen LogP contribution in [0.15, 0.2) is 36.4 Å². The van der Waals surface area contributed by atoms with Crippen molar-refractivity contribution in [1.82, 2.24) is 4.90 Å². The third kappa shape index (κ3) is 1.80. The lowest BCUT2D eigenvalue weighted by molar-refractivity contribution is 0.0707. The van der Waals surface area contributed by atoms with Crippen LogP contribution in [-0.4, -0.2) is 29.1 Å². The molecule has 2 aliphatic rings. The van der Waals surface area contributed by atoms with Crippen molar-refractivity contribution in [2.45, 2.75) is 25.4 Å². The van der Waals surface area contributed by atoms with E-state index in [0.717, 1.165) is 18.4 Å². The minimum absolute atomic E-state index is 0.0196. The molecule has 0 atom stereocenters. The Morgan fingerprint density at radius 3 is 2.41 bits per heavy atom. The SMILES string of the molecule is COc1c(O)ccc2c1C(=O)N(C1Cc3ccccc3C1)C2. The number of benzene rings is 2. The Morgan fingerprint density at radius 2 is 1.77 bits per heavy atom. The number of nitrogens with zero attached hydrogens (tertiary/aromatic N) is 1. The van der Waals surface area contributed by atoms with Crippen LogP contribution in [0.4, 0.5) is 0 Å². The molecule has 0 unspecified atom stereocenters. The van der Waals surface area contributed by atoms with Gasteiger partial charge in [0, 0.05) is 12.6 Å². The van der Waals surface area contributed by atoms with Crippen molar-refractivity contribution in [3.05, 3.63) is 58.7 Å². The van der Waals surface area contributed by atoms with Crippen LogP contribution >= 0.6 is 0 Å². The second-order valence-electron chi connectivity index (χ2n) is 5.92. The summed E-state index contributed by atoms with van der Waals surface area (Å²) in [6.45, 7) is 0.587. The first-order chi connectivity index (χ1) is 10.7. The fourth-order valence-electron chi connectivity index (χ4n) is 3.64. The Hall–Kier alpha value is -2.49. The predicted molar refractivity (Wildman–Crippen MR) is 82.2 cm³/mol. The summed E-state index contributed by atoms with van der Waals surface area (Å²) < 4.78 is 5.23. The van der Waals surface area contributed by atoms with Crippen LogP contribution in [0, 0.1) is 0 Å². The van der Waals surface area contributed by atoms with Gasteiger partial charge < -0.3 is 14.7 Å². The van der Waals surface area contributed by atoms with E-state index in [0.29, 0.717) is 17.9 Å². The molecular formula is C18H17NO3. The van der Waals surface area contributed by atoms with E-state index in [-0.39, 0.29) is 17.7 Å². The van der Waals surface area contributed by atoms with Gasteiger partial charge in [0.2, 0.25) is 0 Å². The summed E-state index contributed by atoms with van der Waals surface area (Å²) in [5.41, 5.74) is 4.09. The standard InChI is InChI=1S/C18H17NO3/c1-22-17-15(20)7-6-13-10-19(18(21)16(13)17)14-8-11-4-2-3-5-12(11)9-14/h2-7,14,20H,8-10H2,1H3. The van der Waals surface area contributed by atoms with Crippen molar-refractivity contribution in [1.29, 1.82) is 0 Å². The Balaban J connectivity index is 1.66. The number of ether oxygens (including phenoxy) is 1. The first-order valence-electron chi connectivity index (χ1n) is 7.45. The fourth-order valence-corrected chi connectivity index (χ4v) is 3.64. The lowest BCUT2D eigenvalue weighted by Crippen LogP contribution is -2.36. The van der Waals surface area contributed by atoms with Gasteiger partial charge >= 0.3 is 0 Å². The van der Waals surface area contributed by atoms with Gasteiger partial charge in [0.15, 0.2) is 11.5 Å². The number of hydrogen-bond donors (Lipinski definition) is 1. The van der Waals surface area contributed by atoms with Crippen molar-refractivity contribution in [3.8, 4) is 11.5 Å². The topological polar surface area (TPSA) is 49.8 Å². The quantitative estimate of drug-likeness (QED) is 0.926. The lowest BCUT2D eigenvalue weighted by Gasteiger charge is -2.23. The molecule has 0 spiro atoms. The predicted octanol–water partition coefficient (Wildman–Crippen LogP) is 2.52. The summed E-state index contributed by atoms with van der Waals surface area (Å²) in [6.07, 6.45) is 1.79. The van der Waals surface area contributed by atoms with Gasteiger partial charge in [-0.3, -0.25) is 4.79 Å². The van der Waals surface area contributed by atoms with Gasteiger partial charge in [-0.15, -0.1) is 0 Å². The maximum absolute atomic E-state index is 12.8. The third-order valence-electron chi connectivity index (χ3n) is 4.71. The number of rotatable bonds is 2. The van der Waals surface area contributed by atoms with E-state index in [1.54, 1.807) is 6.07 Å². The normalized spacial score (nSPS) is 16.8. The molecule has 0 bridgehead atoms. The lowest BCUT2D eigenvalue weighted by atomic mass is 10.1. The van der Waals surface area contributed by atoms with Crippen molar-refractivity contribution < 1.29 is 14.6 Å². The van der Waals surface area contributed by atoms with Gasteiger partial charge in [-0.05, 0) is 35.6 Å². The zero-order valence-corrected chi connectivity index (χ0v) is 12.4. The monoisotopic (exact) mass is 295 g/mol. The number of methoxy groups -OCH3 is 1. The van der Waals surface area contributed by atoms with Crippen LogP contribution in [0.2, 0.25) is 0 Å². The minimum atomic E-state index is -0.0412. The van der Waals surface area contributed by atoms with Crippen LogP contribution in [0.1, 0.15) is 27.0 Å². The maximum atomic E-state index is 12.8. The molecule has 0 radical (unpaired) electrons. The molecule has 1 heterocycles. The highest BCUT2D eigenvalue weighted by Crippen LogP contribution is 2.39. The number of phenols is 1. The van der Waals surface area contributed by atoms with E-state index >= 15 is 0 Å². The smallest absolute Gasteiger partial charge is 0.258 e. The summed E-state index contributed by atoms with van der Waals surface area (Å²) in [5.74, 6) is 0.271. The van der Waals surface area contributed by atoms with Gasteiger partial charge in [0.05, 0.1) is 12.7 Å². The first-order valence-corrected chi connectivity index (χ1v) is 7.45. The number of phenolic OH excluding ortho intramolecular Hbond substituents is 1. The third-order valence-corrected chi connectivity index (χ3v) is 4.71. The Kier molecular flexibility index (Phi) is 2.86. The maximum Gasteiger partial charge on any atom is 0.258 e. The number of carbonyl (C=O) groups is 1. The van der Waals surface area contributed by atoms with E-state index in [9.17, 15) is 9.90 Å². The molecule has 0 fully saturated rings. The molecule has 4 rings (SSSR count). The van der Waals surface area contributed by atoms with E-state index in [2.05, 4.69) is 12.1 Å². The summed E-state index contributed by atoms with van der Waals surface area (Å²) in [7, 11) is 1.48. The number of hydrogen-bond acceptors (Lipinski definition) is 3. The summed E-state index contributed by atoms with van der Waals surface area (Å²) in [4.78, 5) is 14.7. The Bertz CT molecular complexity index is 744. The van der Waals surface area contributed by atoms with Gasteiger partial charge in [-0.1, -0.05) is 30.3 Å². The number of fused-ring (bicyclic) bond motifs is 2. The van der Waals surface area contributed by atoms with Gasteiger partial charge in [0.25, 0.3) is 5.91 Å². The molecule has 0 aromatic heterocycles. The molecule has 1 amide bonds. The average molecular weight is 295 g/mol. The molecule has 1 N–H and O–H groups in total. The highest BCUT2D eigenvalue weighted by atomic mass is 16.5. The number of aromatic hydroxyl groups is 1. The Morgan fingerprint density at radius 1 is 1.09 bits per heavy atom. The Labute approximate surface area is 128 Å². The van der Waals surface area contributed by atoms with Crippen molar-refractivity contribution >= 4 is 5.91 Å². The molecule has 22 heavy (non-hydrogen) atoms. The fraction of sp³-hybridized carbons (Fsp3) is 0.278. The first kappa shape index (κ1) is 13.2. The summed E-state index contributed by atoms with van der Waals surface area (Å²) >= 11 is 0. The van der Waals surface area contributed by atoms with Gasteiger partial charge in [-0.2, -0.15) is 0 Å². The minimum Gasteiger partial charge on any atom is -0.504 e. The molecule has 1 aliphatic carbocycles. The molecule has 4 nitrogen and oxygen atoms in total. The van der Waals surface area contributed by atoms with E-state index in [4.69, 9.17) is 4.74 Å². The van der Waals surface area contributed by atoms with Crippen LogP contribution in [0.25, 0.3) is 0 Å².